The molecule has 1 fully saturated rings. The lowest BCUT2D eigenvalue weighted by Gasteiger charge is -2.15. The van der Waals surface area contributed by atoms with E-state index in [-0.39, 0.29) is 0 Å². The summed E-state index contributed by atoms with van der Waals surface area (Å²) in [5, 5.41) is 1.15. The van der Waals surface area contributed by atoms with Crippen LogP contribution in [0.5, 0.6) is 5.75 Å². The summed E-state index contributed by atoms with van der Waals surface area (Å²) in [7, 11) is 0. The van der Waals surface area contributed by atoms with Crippen molar-refractivity contribution >= 4 is 15.9 Å². The predicted molar refractivity (Wildman–Crippen MR) is 77.7 cm³/mol. The van der Waals surface area contributed by atoms with Crippen LogP contribution in [0.1, 0.15) is 17.5 Å². The van der Waals surface area contributed by atoms with Crippen molar-refractivity contribution in [1.29, 1.82) is 0 Å². The number of halogens is 1. The Bertz CT molecular complexity index is 421. The smallest absolute Gasteiger partial charge is 0.122 e. The number of hydrogen-bond acceptors (Lipinski definition) is 2. The SMILES string of the molecule is BrCC1CCN(CCc2ccc3c(c2)CCO3)C1. The third-order valence-corrected chi connectivity index (χ3v) is 4.97. The first-order valence-corrected chi connectivity index (χ1v) is 8.00. The Morgan fingerprint density at radius 2 is 2.33 bits per heavy atom. The quantitative estimate of drug-likeness (QED) is 0.793. The Kier molecular flexibility index (Phi) is 3.90. The van der Waals surface area contributed by atoms with Gasteiger partial charge in [0.2, 0.25) is 0 Å². The molecule has 2 heterocycles. The van der Waals surface area contributed by atoms with E-state index in [9.17, 15) is 0 Å². The minimum absolute atomic E-state index is 0.859. The van der Waals surface area contributed by atoms with E-state index in [1.807, 2.05) is 0 Å². The van der Waals surface area contributed by atoms with E-state index in [1.54, 1.807) is 0 Å². The Morgan fingerprint density at radius 3 is 3.17 bits per heavy atom. The molecule has 1 saturated heterocycles. The molecule has 0 spiro atoms. The van der Waals surface area contributed by atoms with Gasteiger partial charge >= 0.3 is 0 Å². The van der Waals surface area contributed by atoms with Crippen LogP contribution in [0, 0.1) is 5.92 Å². The molecule has 2 aliphatic heterocycles. The van der Waals surface area contributed by atoms with Crippen LogP contribution in [0.2, 0.25) is 0 Å². The number of hydrogen-bond donors (Lipinski definition) is 0. The molecule has 0 aromatic heterocycles. The highest BCUT2D eigenvalue weighted by atomic mass is 79.9. The van der Waals surface area contributed by atoms with Crippen LogP contribution in [0.3, 0.4) is 0 Å². The molecule has 1 unspecified atom stereocenters. The molecule has 1 aromatic carbocycles. The van der Waals surface area contributed by atoms with Gasteiger partial charge in [-0.05, 0) is 42.5 Å². The molecule has 0 aliphatic carbocycles. The summed E-state index contributed by atoms with van der Waals surface area (Å²) in [4.78, 5) is 2.59. The maximum atomic E-state index is 5.54. The molecule has 0 amide bonds. The van der Waals surface area contributed by atoms with E-state index in [0.717, 1.165) is 30.0 Å². The van der Waals surface area contributed by atoms with Gasteiger partial charge in [0.15, 0.2) is 0 Å². The van der Waals surface area contributed by atoms with Crippen LogP contribution in [-0.2, 0) is 12.8 Å². The molecule has 2 aliphatic rings. The Hall–Kier alpha value is -0.540. The molecule has 18 heavy (non-hydrogen) atoms. The van der Waals surface area contributed by atoms with Crippen molar-refractivity contribution in [3.05, 3.63) is 29.3 Å². The molecule has 0 bridgehead atoms. The van der Waals surface area contributed by atoms with Gasteiger partial charge in [-0.25, -0.2) is 0 Å². The van der Waals surface area contributed by atoms with Gasteiger partial charge in [-0.15, -0.1) is 0 Å². The normalized spacial score (nSPS) is 23.1. The van der Waals surface area contributed by atoms with Gasteiger partial charge in [-0.3, -0.25) is 0 Å². The van der Waals surface area contributed by atoms with Crippen molar-refractivity contribution in [1.82, 2.24) is 4.90 Å². The number of likely N-dealkylation sites (tertiary alicyclic amines) is 1. The van der Waals surface area contributed by atoms with Gasteiger partial charge in [0, 0.05) is 24.8 Å². The summed E-state index contributed by atoms with van der Waals surface area (Å²) in [6, 6.07) is 6.70. The fraction of sp³-hybridized carbons (Fsp3) is 0.600. The Morgan fingerprint density at radius 1 is 1.39 bits per heavy atom. The zero-order valence-corrected chi connectivity index (χ0v) is 12.3. The fourth-order valence-electron chi connectivity index (χ4n) is 2.92. The van der Waals surface area contributed by atoms with E-state index in [0.29, 0.717) is 0 Å². The lowest BCUT2D eigenvalue weighted by molar-refractivity contribution is 0.333. The van der Waals surface area contributed by atoms with Crippen molar-refractivity contribution in [2.75, 3.05) is 31.6 Å². The average molecular weight is 310 g/mol. The van der Waals surface area contributed by atoms with Crippen molar-refractivity contribution in [2.45, 2.75) is 19.3 Å². The second kappa shape index (κ2) is 5.62. The van der Waals surface area contributed by atoms with Crippen molar-refractivity contribution in [2.24, 2.45) is 5.92 Å². The lowest BCUT2D eigenvalue weighted by Crippen LogP contribution is -2.23. The van der Waals surface area contributed by atoms with Crippen LogP contribution in [0.4, 0.5) is 0 Å². The van der Waals surface area contributed by atoms with E-state index >= 15 is 0 Å². The molecule has 3 heteroatoms. The first-order valence-electron chi connectivity index (χ1n) is 6.88. The van der Waals surface area contributed by atoms with Gasteiger partial charge in [0.25, 0.3) is 0 Å². The standard InChI is InChI=1S/C15H20BrNO/c16-10-13-4-7-17(11-13)6-3-12-1-2-15-14(9-12)5-8-18-15/h1-2,9,13H,3-8,10-11H2. The first-order chi connectivity index (χ1) is 8.85. The van der Waals surface area contributed by atoms with Crippen LogP contribution in [0.15, 0.2) is 18.2 Å². The second-order valence-corrected chi connectivity index (χ2v) is 6.05. The maximum absolute atomic E-state index is 5.54. The van der Waals surface area contributed by atoms with Gasteiger partial charge < -0.3 is 9.64 Å². The number of rotatable bonds is 4. The van der Waals surface area contributed by atoms with E-state index < -0.39 is 0 Å². The summed E-state index contributed by atoms with van der Waals surface area (Å²) < 4.78 is 5.54. The van der Waals surface area contributed by atoms with Crippen molar-refractivity contribution in [3.63, 3.8) is 0 Å². The summed E-state index contributed by atoms with van der Waals surface area (Å²) >= 11 is 3.59. The Labute approximate surface area is 117 Å². The molecule has 3 rings (SSSR count). The Balaban J connectivity index is 1.54. The average Bonchev–Trinajstić information content (AvgIpc) is 3.04. The molecule has 2 nitrogen and oxygen atoms in total. The van der Waals surface area contributed by atoms with Gasteiger partial charge in [0.1, 0.15) is 5.75 Å². The predicted octanol–water partition coefficient (Wildman–Crippen LogP) is 2.88. The molecule has 0 saturated carbocycles. The third kappa shape index (κ3) is 2.72. The molecule has 0 radical (unpaired) electrons. The highest BCUT2D eigenvalue weighted by Gasteiger charge is 2.21. The van der Waals surface area contributed by atoms with Crippen LogP contribution in [-0.4, -0.2) is 36.5 Å². The summed E-state index contributed by atoms with van der Waals surface area (Å²) in [5.74, 6) is 1.96. The van der Waals surface area contributed by atoms with Crippen molar-refractivity contribution in [3.8, 4) is 5.75 Å². The van der Waals surface area contributed by atoms with Crippen molar-refractivity contribution < 1.29 is 4.74 Å². The molecular formula is C15H20BrNO. The van der Waals surface area contributed by atoms with Gasteiger partial charge in [-0.2, -0.15) is 0 Å². The minimum Gasteiger partial charge on any atom is -0.493 e. The number of nitrogens with zero attached hydrogens (tertiary/aromatic N) is 1. The number of fused-ring (bicyclic) bond motifs is 1. The van der Waals surface area contributed by atoms with Gasteiger partial charge in [-0.1, -0.05) is 28.1 Å². The van der Waals surface area contributed by atoms with Crippen LogP contribution in [0.25, 0.3) is 0 Å². The topological polar surface area (TPSA) is 12.5 Å². The number of benzene rings is 1. The zero-order valence-electron chi connectivity index (χ0n) is 10.7. The highest BCUT2D eigenvalue weighted by molar-refractivity contribution is 9.09. The zero-order chi connectivity index (χ0) is 12.4. The van der Waals surface area contributed by atoms with E-state index in [4.69, 9.17) is 4.74 Å². The second-order valence-electron chi connectivity index (χ2n) is 5.40. The van der Waals surface area contributed by atoms with E-state index in [2.05, 4.69) is 39.0 Å². The monoisotopic (exact) mass is 309 g/mol. The lowest BCUT2D eigenvalue weighted by atomic mass is 10.1. The van der Waals surface area contributed by atoms with E-state index in [1.165, 1.54) is 43.6 Å². The minimum atomic E-state index is 0.859. The summed E-state index contributed by atoms with van der Waals surface area (Å²) in [5.41, 5.74) is 2.86. The molecule has 1 aromatic rings. The summed E-state index contributed by atoms with van der Waals surface area (Å²) in [6.45, 7) is 4.59. The highest BCUT2D eigenvalue weighted by Crippen LogP contribution is 2.26. The molecule has 1 atom stereocenters. The first kappa shape index (κ1) is 12.5. The number of alkyl halides is 1. The molecular weight excluding hydrogens is 290 g/mol. The fourth-order valence-corrected chi connectivity index (χ4v) is 3.45. The largest absolute Gasteiger partial charge is 0.493 e. The third-order valence-electron chi connectivity index (χ3n) is 4.06. The molecule has 98 valence electrons. The van der Waals surface area contributed by atoms with Crippen LogP contribution >= 0.6 is 15.9 Å². The maximum Gasteiger partial charge on any atom is 0.122 e. The van der Waals surface area contributed by atoms with Crippen LogP contribution < -0.4 is 4.74 Å². The molecule has 0 N–H and O–H groups in total. The summed E-state index contributed by atoms with van der Waals surface area (Å²) in [6.07, 6.45) is 3.60. The van der Waals surface area contributed by atoms with Gasteiger partial charge in [0.05, 0.1) is 6.61 Å². The number of ether oxygens (including phenoxy) is 1.